The molecule has 2 aromatic heterocycles. The first kappa shape index (κ1) is 14.4. The number of hydrogen-bond acceptors (Lipinski definition) is 4. The third kappa shape index (κ3) is 3.04. The molecule has 0 aliphatic rings. The summed E-state index contributed by atoms with van der Waals surface area (Å²) < 4.78 is 7.27. The Morgan fingerprint density at radius 1 is 1.24 bits per heavy atom. The molecule has 7 heteroatoms. The van der Waals surface area contributed by atoms with Gasteiger partial charge in [-0.15, -0.1) is 11.6 Å². The van der Waals surface area contributed by atoms with Gasteiger partial charge in [-0.2, -0.15) is 4.98 Å². The van der Waals surface area contributed by atoms with Crippen molar-refractivity contribution in [1.82, 2.24) is 19.7 Å². The highest BCUT2D eigenvalue weighted by molar-refractivity contribution is 6.31. The first-order valence-corrected chi connectivity index (χ1v) is 7.58. The highest BCUT2D eigenvalue weighted by atomic mass is 35.5. The molecule has 0 bridgehead atoms. The van der Waals surface area contributed by atoms with Gasteiger partial charge >= 0.3 is 0 Å². The zero-order valence-electron chi connectivity index (χ0n) is 11.5. The Bertz CT molecular complexity index is 766. The molecule has 0 unspecified atom stereocenters. The lowest BCUT2D eigenvalue weighted by molar-refractivity contribution is 0.368. The third-order valence-electron chi connectivity index (χ3n) is 3.23. The van der Waals surface area contributed by atoms with Crippen LogP contribution in [0.5, 0.6) is 0 Å². The molecule has 0 atom stereocenters. The molecule has 0 spiro atoms. The largest absolute Gasteiger partial charge is 0.339 e. The number of benzene rings is 1. The van der Waals surface area contributed by atoms with Crippen LogP contribution >= 0.6 is 23.2 Å². The summed E-state index contributed by atoms with van der Waals surface area (Å²) in [5, 5.41) is 4.49. The van der Waals surface area contributed by atoms with Crippen molar-refractivity contribution in [2.75, 3.05) is 5.88 Å². The van der Waals surface area contributed by atoms with Gasteiger partial charge in [0, 0.05) is 30.3 Å². The molecular weight excluding hydrogens is 311 g/mol. The maximum absolute atomic E-state index is 6.09. The van der Waals surface area contributed by atoms with Crippen LogP contribution in [0.25, 0.3) is 11.0 Å². The van der Waals surface area contributed by atoms with Crippen LogP contribution in [0, 0.1) is 6.92 Å². The number of aromatic nitrogens is 4. The lowest BCUT2D eigenvalue weighted by atomic mass is 10.3. The van der Waals surface area contributed by atoms with Crippen molar-refractivity contribution in [3.8, 4) is 0 Å². The first-order valence-electron chi connectivity index (χ1n) is 6.67. The molecule has 1 aromatic carbocycles. The summed E-state index contributed by atoms with van der Waals surface area (Å²) in [5.74, 6) is 2.73. The van der Waals surface area contributed by atoms with Gasteiger partial charge in [0.25, 0.3) is 0 Å². The second-order valence-corrected chi connectivity index (χ2v) is 5.55. The molecule has 2 heterocycles. The van der Waals surface area contributed by atoms with Crippen LogP contribution in [0.15, 0.2) is 22.7 Å². The summed E-state index contributed by atoms with van der Waals surface area (Å²) in [4.78, 5) is 8.83. The van der Waals surface area contributed by atoms with Crippen molar-refractivity contribution in [3.63, 3.8) is 0 Å². The van der Waals surface area contributed by atoms with Crippen molar-refractivity contribution in [2.24, 2.45) is 0 Å². The number of fused-ring (bicyclic) bond motifs is 1. The summed E-state index contributed by atoms with van der Waals surface area (Å²) in [6.45, 7) is 2.50. The van der Waals surface area contributed by atoms with Gasteiger partial charge in [0.2, 0.25) is 5.89 Å². The molecule has 0 aliphatic carbocycles. The van der Waals surface area contributed by atoms with Gasteiger partial charge in [-0.1, -0.05) is 16.8 Å². The molecule has 5 nitrogen and oxygen atoms in total. The minimum atomic E-state index is 0.525. The molecule has 0 saturated carbocycles. The zero-order valence-corrected chi connectivity index (χ0v) is 13.0. The lowest BCUT2D eigenvalue weighted by Crippen LogP contribution is -2.07. The highest BCUT2D eigenvalue weighted by Gasteiger charge is 2.12. The van der Waals surface area contributed by atoms with Crippen molar-refractivity contribution < 1.29 is 4.52 Å². The molecule has 110 valence electrons. The van der Waals surface area contributed by atoms with E-state index in [1.807, 2.05) is 18.2 Å². The number of hydrogen-bond donors (Lipinski definition) is 0. The van der Waals surface area contributed by atoms with E-state index in [4.69, 9.17) is 27.7 Å². The Kier molecular flexibility index (Phi) is 4.12. The SMILES string of the molecule is Cc1noc(CCn2c(CCCl)nc3ccc(Cl)cc32)n1. The van der Waals surface area contributed by atoms with Crippen LogP contribution < -0.4 is 0 Å². The fraction of sp³-hybridized carbons (Fsp3) is 0.357. The second kappa shape index (κ2) is 6.03. The maximum atomic E-state index is 6.09. The Labute approximate surface area is 131 Å². The number of nitrogens with zero attached hydrogens (tertiary/aromatic N) is 4. The molecule has 3 rings (SSSR count). The average molecular weight is 325 g/mol. The van der Waals surface area contributed by atoms with Crippen molar-refractivity contribution in [2.45, 2.75) is 26.3 Å². The Morgan fingerprint density at radius 3 is 2.81 bits per heavy atom. The smallest absolute Gasteiger partial charge is 0.228 e. The standard InChI is InChI=1S/C14H14Cl2N4O/c1-9-17-14(21-19-9)5-7-20-12-8-10(16)2-3-11(12)18-13(20)4-6-15/h2-3,8H,4-7H2,1H3. The molecule has 0 amide bonds. The van der Waals surface area contributed by atoms with Gasteiger partial charge in [0.15, 0.2) is 5.82 Å². The van der Waals surface area contributed by atoms with E-state index in [1.165, 1.54) is 0 Å². The molecule has 0 N–H and O–H groups in total. The predicted octanol–water partition coefficient (Wildman–Crippen LogP) is 3.41. The number of rotatable bonds is 5. The topological polar surface area (TPSA) is 56.7 Å². The molecule has 21 heavy (non-hydrogen) atoms. The van der Waals surface area contributed by atoms with Gasteiger partial charge in [-0.3, -0.25) is 0 Å². The van der Waals surface area contributed by atoms with Crippen LogP contribution in [0.2, 0.25) is 5.02 Å². The highest BCUT2D eigenvalue weighted by Crippen LogP contribution is 2.21. The summed E-state index contributed by atoms with van der Waals surface area (Å²) in [6.07, 6.45) is 1.35. The molecule has 3 aromatic rings. The van der Waals surface area contributed by atoms with Gasteiger partial charge in [0.05, 0.1) is 11.0 Å². The van der Waals surface area contributed by atoms with Crippen LogP contribution in [0.1, 0.15) is 17.5 Å². The van der Waals surface area contributed by atoms with Gasteiger partial charge in [-0.05, 0) is 25.1 Å². The van der Waals surface area contributed by atoms with E-state index in [0.717, 1.165) is 16.9 Å². The van der Waals surface area contributed by atoms with E-state index >= 15 is 0 Å². The molecule has 0 aliphatic heterocycles. The minimum absolute atomic E-state index is 0.525. The van der Waals surface area contributed by atoms with Gasteiger partial charge in [-0.25, -0.2) is 4.98 Å². The van der Waals surface area contributed by atoms with Crippen molar-refractivity contribution in [3.05, 3.63) is 40.8 Å². The van der Waals surface area contributed by atoms with Crippen LogP contribution in [0.3, 0.4) is 0 Å². The number of imidazole rings is 1. The van der Waals surface area contributed by atoms with Crippen LogP contribution in [-0.4, -0.2) is 25.6 Å². The van der Waals surface area contributed by atoms with Gasteiger partial charge in [0.1, 0.15) is 5.82 Å². The summed E-state index contributed by atoms with van der Waals surface area (Å²) >= 11 is 12.0. The monoisotopic (exact) mass is 324 g/mol. The molecular formula is C14H14Cl2N4O. The minimum Gasteiger partial charge on any atom is -0.339 e. The van der Waals surface area contributed by atoms with Crippen molar-refractivity contribution >= 4 is 34.2 Å². The average Bonchev–Trinajstić information content (AvgIpc) is 3.01. The lowest BCUT2D eigenvalue weighted by Gasteiger charge is -2.06. The fourth-order valence-electron chi connectivity index (χ4n) is 2.32. The van der Waals surface area contributed by atoms with Gasteiger partial charge < -0.3 is 9.09 Å². The summed E-state index contributed by atoms with van der Waals surface area (Å²) in [7, 11) is 0. The maximum Gasteiger partial charge on any atom is 0.228 e. The summed E-state index contributed by atoms with van der Waals surface area (Å²) in [5.41, 5.74) is 1.92. The van der Waals surface area contributed by atoms with Crippen molar-refractivity contribution in [1.29, 1.82) is 0 Å². The summed E-state index contributed by atoms with van der Waals surface area (Å²) in [6, 6.07) is 5.68. The van der Waals surface area contributed by atoms with Crippen LogP contribution in [-0.2, 0) is 19.4 Å². The van der Waals surface area contributed by atoms with E-state index in [9.17, 15) is 0 Å². The Hall–Kier alpha value is -1.59. The Morgan fingerprint density at radius 2 is 2.10 bits per heavy atom. The molecule has 0 fully saturated rings. The number of halogens is 2. The van der Waals surface area contributed by atoms with E-state index in [-0.39, 0.29) is 0 Å². The quantitative estimate of drug-likeness (QED) is 0.675. The second-order valence-electron chi connectivity index (χ2n) is 4.74. The van der Waals surface area contributed by atoms with E-state index in [1.54, 1.807) is 6.92 Å². The predicted molar refractivity (Wildman–Crippen MR) is 81.9 cm³/mol. The normalized spacial score (nSPS) is 11.4. The fourth-order valence-corrected chi connectivity index (χ4v) is 2.66. The van der Waals surface area contributed by atoms with E-state index in [0.29, 0.717) is 42.0 Å². The first-order chi connectivity index (χ1) is 10.2. The zero-order chi connectivity index (χ0) is 14.8. The Balaban J connectivity index is 1.94. The van der Waals surface area contributed by atoms with E-state index in [2.05, 4.69) is 19.7 Å². The van der Waals surface area contributed by atoms with E-state index < -0.39 is 0 Å². The molecule has 0 saturated heterocycles. The number of alkyl halides is 1. The third-order valence-corrected chi connectivity index (χ3v) is 3.65. The number of aryl methyl sites for hydroxylation is 4. The molecule has 0 radical (unpaired) electrons. The van der Waals surface area contributed by atoms with Crippen LogP contribution in [0.4, 0.5) is 0 Å².